The number of fused-ring (bicyclic) bond motifs is 1. The number of aromatic nitrogens is 2. The number of benzene rings is 2. The predicted molar refractivity (Wildman–Crippen MR) is 117 cm³/mol. The first-order chi connectivity index (χ1) is 14.4. The Balaban J connectivity index is 1.30. The molecule has 0 unspecified atom stereocenters. The van der Waals surface area contributed by atoms with Crippen LogP contribution in [0.3, 0.4) is 0 Å². The summed E-state index contributed by atoms with van der Waals surface area (Å²) < 4.78 is 2.10. The van der Waals surface area contributed by atoms with Gasteiger partial charge in [-0.15, -0.1) is 0 Å². The normalized spacial score (nSPS) is 15.9. The first-order valence-electron chi connectivity index (χ1n) is 10.4. The molecule has 1 fully saturated rings. The van der Waals surface area contributed by atoms with Crippen LogP contribution in [0.25, 0.3) is 5.65 Å². The summed E-state index contributed by atoms with van der Waals surface area (Å²) in [6.07, 6.45) is 4.21. The van der Waals surface area contributed by atoms with E-state index in [1.807, 2.05) is 12.1 Å². The molecule has 1 aliphatic heterocycles. The van der Waals surface area contributed by atoms with Gasteiger partial charge in [0.15, 0.2) is 0 Å². The minimum atomic E-state index is 0.315. The van der Waals surface area contributed by atoms with Crippen molar-refractivity contribution >= 4 is 5.65 Å². The zero-order chi connectivity index (χ0) is 19.5. The van der Waals surface area contributed by atoms with Crippen molar-refractivity contribution in [1.82, 2.24) is 19.2 Å². The lowest BCUT2D eigenvalue weighted by Gasteiger charge is -2.39. The molecule has 4 nitrogen and oxygen atoms in total. The summed E-state index contributed by atoms with van der Waals surface area (Å²) >= 11 is 0. The second kappa shape index (κ2) is 8.19. The van der Waals surface area contributed by atoms with E-state index in [9.17, 15) is 0 Å². The van der Waals surface area contributed by atoms with Crippen LogP contribution in [0.4, 0.5) is 0 Å². The van der Waals surface area contributed by atoms with E-state index in [0.29, 0.717) is 6.04 Å². The van der Waals surface area contributed by atoms with Crippen LogP contribution in [0.1, 0.15) is 22.9 Å². The van der Waals surface area contributed by atoms with E-state index >= 15 is 0 Å². The number of rotatable bonds is 5. The van der Waals surface area contributed by atoms with Crippen LogP contribution in [0.15, 0.2) is 91.3 Å². The maximum absolute atomic E-state index is 4.76. The lowest BCUT2D eigenvalue weighted by molar-refractivity contribution is 0.104. The van der Waals surface area contributed by atoms with Gasteiger partial charge in [0.2, 0.25) is 0 Å². The Bertz CT molecular complexity index is 977. The summed E-state index contributed by atoms with van der Waals surface area (Å²) in [6.45, 7) is 5.15. The summed E-state index contributed by atoms with van der Waals surface area (Å²) in [7, 11) is 0. The SMILES string of the molecule is c1ccc(C(c2ccccc2)N2CCN(Cc3cn4ccccc4n3)CC2)cc1. The minimum Gasteiger partial charge on any atom is -0.307 e. The molecule has 0 saturated carbocycles. The van der Waals surface area contributed by atoms with Gasteiger partial charge in [-0.2, -0.15) is 0 Å². The van der Waals surface area contributed by atoms with E-state index in [2.05, 4.69) is 93.3 Å². The molecule has 4 heteroatoms. The highest BCUT2D eigenvalue weighted by Gasteiger charge is 2.26. The van der Waals surface area contributed by atoms with Gasteiger partial charge in [-0.05, 0) is 23.3 Å². The van der Waals surface area contributed by atoms with E-state index in [1.54, 1.807) is 0 Å². The smallest absolute Gasteiger partial charge is 0.137 e. The predicted octanol–water partition coefficient (Wildman–Crippen LogP) is 4.24. The van der Waals surface area contributed by atoms with Crippen molar-refractivity contribution in [3.05, 3.63) is 108 Å². The van der Waals surface area contributed by atoms with Crippen molar-refractivity contribution in [3.63, 3.8) is 0 Å². The molecule has 1 saturated heterocycles. The third kappa shape index (κ3) is 3.95. The van der Waals surface area contributed by atoms with Crippen LogP contribution in [-0.2, 0) is 6.54 Å². The Labute approximate surface area is 172 Å². The number of imidazole rings is 1. The van der Waals surface area contributed by atoms with Gasteiger partial charge in [0.1, 0.15) is 5.65 Å². The van der Waals surface area contributed by atoms with Crippen LogP contribution in [0.2, 0.25) is 0 Å². The van der Waals surface area contributed by atoms with Crippen LogP contribution < -0.4 is 0 Å². The minimum absolute atomic E-state index is 0.315. The Morgan fingerprint density at radius 3 is 1.97 bits per heavy atom. The first-order valence-corrected chi connectivity index (χ1v) is 10.4. The third-order valence-electron chi connectivity index (χ3n) is 5.80. The zero-order valence-electron chi connectivity index (χ0n) is 16.6. The molecule has 2 aromatic carbocycles. The molecular weight excluding hydrogens is 356 g/mol. The van der Waals surface area contributed by atoms with Crippen LogP contribution in [0.5, 0.6) is 0 Å². The molecule has 0 atom stereocenters. The van der Waals surface area contributed by atoms with Gasteiger partial charge >= 0.3 is 0 Å². The average Bonchev–Trinajstić information content (AvgIpc) is 3.19. The molecule has 2 aromatic heterocycles. The van der Waals surface area contributed by atoms with E-state index in [0.717, 1.165) is 44.1 Å². The number of hydrogen-bond acceptors (Lipinski definition) is 3. The average molecular weight is 383 g/mol. The van der Waals surface area contributed by atoms with E-state index in [4.69, 9.17) is 4.98 Å². The lowest BCUT2D eigenvalue weighted by Crippen LogP contribution is -2.47. The van der Waals surface area contributed by atoms with Crippen molar-refractivity contribution in [2.24, 2.45) is 0 Å². The maximum atomic E-state index is 4.76. The van der Waals surface area contributed by atoms with Gasteiger partial charge in [-0.3, -0.25) is 9.80 Å². The molecule has 3 heterocycles. The molecule has 5 rings (SSSR count). The molecule has 146 valence electrons. The van der Waals surface area contributed by atoms with Gasteiger partial charge < -0.3 is 4.40 Å². The van der Waals surface area contributed by atoms with Crippen molar-refractivity contribution in [3.8, 4) is 0 Å². The van der Waals surface area contributed by atoms with Gasteiger partial charge in [0, 0.05) is 45.1 Å². The van der Waals surface area contributed by atoms with Gasteiger partial charge in [0.25, 0.3) is 0 Å². The summed E-state index contributed by atoms with van der Waals surface area (Å²) in [4.78, 5) is 9.90. The maximum Gasteiger partial charge on any atom is 0.137 e. The zero-order valence-corrected chi connectivity index (χ0v) is 16.6. The second-order valence-corrected chi connectivity index (χ2v) is 7.73. The quantitative estimate of drug-likeness (QED) is 0.516. The van der Waals surface area contributed by atoms with Crippen molar-refractivity contribution < 1.29 is 0 Å². The molecule has 0 amide bonds. The topological polar surface area (TPSA) is 23.8 Å². The van der Waals surface area contributed by atoms with Crippen LogP contribution in [-0.4, -0.2) is 45.4 Å². The fraction of sp³-hybridized carbons (Fsp3) is 0.240. The van der Waals surface area contributed by atoms with E-state index in [-0.39, 0.29) is 0 Å². The van der Waals surface area contributed by atoms with E-state index < -0.39 is 0 Å². The Morgan fingerprint density at radius 1 is 0.724 bits per heavy atom. The van der Waals surface area contributed by atoms with Gasteiger partial charge in [0.05, 0.1) is 11.7 Å². The Kier molecular flexibility index (Phi) is 5.11. The highest BCUT2D eigenvalue weighted by atomic mass is 15.3. The number of piperazine rings is 1. The molecule has 0 spiro atoms. The summed E-state index contributed by atoms with van der Waals surface area (Å²) in [5.74, 6) is 0. The first kappa shape index (κ1) is 18.1. The highest BCUT2D eigenvalue weighted by molar-refractivity contribution is 5.39. The third-order valence-corrected chi connectivity index (χ3v) is 5.80. The fourth-order valence-corrected chi connectivity index (χ4v) is 4.36. The Hall–Kier alpha value is -2.95. The monoisotopic (exact) mass is 382 g/mol. The molecule has 0 bridgehead atoms. The summed E-state index contributed by atoms with van der Waals surface area (Å²) in [5.41, 5.74) is 4.90. The molecule has 1 aliphatic rings. The molecule has 4 aromatic rings. The van der Waals surface area contributed by atoms with Crippen LogP contribution in [0, 0.1) is 0 Å². The number of hydrogen-bond donors (Lipinski definition) is 0. The van der Waals surface area contributed by atoms with Gasteiger partial charge in [-0.1, -0.05) is 66.7 Å². The van der Waals surface area contributed by atoms with Crippen molar-refractivity contribution in [1.29, 1.82) is 0 Å². The molecule has 0 radical (unpaired) electrons. The largest absolute Gasteiger partial charge is 0.307 e. The fourth-order valence-electron chi connectivity index (χ4n) is 4.36. The van der Waals surface area contributed by atoms with Crippen molar-refractivity contribution in [2.75, 3.05) is 26.2 Å². The molecule has 0 N–H and O–H groups in total. The summed E-state index contributed by atoms with van der Waals surface area (Å²) in [6, 6.07) is 28.2. The second-order valence-electron chi connectivity index (χ2n) is 7.73. The Morgan fingerprint density at radius 2 is 1.34 bits per heavy atom. The molecular formula is C25H26N4. The number of pyridine rings is 1. The molecule has 29 heavy (non-hydrogen) atoms. The molecule has 0 aliphatic carbocycles. The lowest BCUT2D eigenvalue weighted by atomic mass is 9.96. The highest BCUT2D eigenvalue weighted by Crippen LogP contribution is 2.29. The summed E-state index contributed by atoms with van der Waals surface area (Å²) in [5, 5.41) is 0. The van der Waals surface area contributed by atoms with Gasteiger partial charge in [-0.25, -0.2) is 4.98 Å². The van der Waals surface area contributed by atoms with Crippen LogP contribution >= 0.6 is 0 Å². The van der Waals surface area contributed by atoms with E-state index in [1.165, 1.54) is 11.1 Å². The standard InChI is InChI=1S/C25H26N4/c1-3-9-21(10-4-1)25(22-11-5-2-6-12-22)28-17-15-27(16-18-28)19-23-20-29-14-8-7-13-24(29)26-23/h1-14,20,25H,15-19H2. The number of nitrogens with zero attached hydrogens (tertiary/aromatic N) is 4. The van der Waals surface area contributed by atoms with Crippen molar-refractivity contribution in [2.45, 2.75) is 12.6 Å².